The topological polar surface area (TPSA) is 92.0 Å². The highest BCUT2D eigenvalue weighted by Gasteiger charge is 2.09. The summed E-state index contributed by atoms with van der Waals surface area (Å²) in [5.74, 6) is 0.247. The Kier molecular flexibility index (Phi) is 11.7. The van der Waals surface area contributed by atoms with E-state index in [0.717, 1.165) is 44.8 Å². The number of amides is 1. The van der Waals surface area contributed by atoms with Gasteiger partial charge in [0.05, 0.1) is 23.9 Å². The van der Waals surface area contributed by atoms with E-state index in [1.165, 1.54) is 0 Å². The fourth-order valence-corrected chi connectivity index (χ4v) is 2.90. The molecule has 152 valence electrons. The van der Waals surface area contributed by atoms with Gasteiger partial charge in [-0.3, -0.25) is 14.7 Å². The van der Waals surface area contributed by atoms with E-state index in [1.54, 1.807) is 6.07 Å². The molecule has 1 aromatic carbocycles. The second-order valence-corrected chi connectivity index (χ2v) is 6.69. The predicted octanol–water partition coefficient (Wildman–Crippen LogP) is 2.22. The van der Waals surface area contributed by atoms with E-state index in [2.05, 4.69) is 20.5 Å². The number of aliphatic imine (C=N–C) groups is 1. The number of halogens is 2. The molecule has 1 aliphatic heterocycles. The van der Waals surface area contributed by atoms with E-state index in [-0.39, 0.29) is 36.3 Å². The summed E-state index contributed by atoms with van der Waals surface area (Å²) in [6.45, 7) is 7.63. The summed E-state index contributed by atoms with van der Waals surface area (Å²) < 4.78 is 5.32. The smallest absolute Gasteiger partial charge is 0.226 e. The van der Waals surface area contributed by atoms with Crippen LogP contribution in [-0.2, 0) is 9.53 Å². The molecule has 0 aromatic heterocycles. The summed E-state index contributed by atoms with van der Waals surface area (Å²) >= 11 is 6.11. The quantitative estimate of drug-likeness (QED) is 0.216. The minimum absolute atomic E-state index is 0. The molecular formula is C18H29ClIN5O2. The van der Waals surface area contributed by atoms with Crippen molar-refractivity contribution >= 4 is 53.1 Å². The van der Waals surface area contributed by atoms with Gasteiger partial charge in [0, 0.05) is 39.1 Å². The van der Waals surface area contributed by atoms with Crippen LogP contribution in [-0.4, -0.2) is 62.7 Å². The van der Waals surface area contributed by atoms with Crippen LogP contribution in [0.5, 0.6) is 0 Å². The Labute approximate surface area is 183 Å². The summed E-state index contributed by atoms with van der Waals surface area (Å²) in [5.41, 5.74) is 7.49. The van der Waals surface area contributed by atoms with Crippen LogP contribution in [0.2, 0.25) is 5.02 Å². The largest absolute Gasteiger partial charge is 0.379 e. The number of hydrogen-bond acceptors (Lipinski definition) is 4. The van der Waals surface area contributed by atoms with Gasteiger partial charge in [0.2, 0.25) is 5.91 Å². The van der Waals surface area contributed by atoms with E-state index >= 15 is 0 Å². The van der Waals surface area contributed by atoms with Gasteiger partial charge in [-0.05, 0) is 31.0 Å². The fourth-order valence-electron chi connectivity index (χ4n) is 2.61. The molecule has 2 rings (SSSR count). The summed E-state index contributed by atoms with van der Waals surface area (Å²) in [6, 6.07) is 5.52. The van der Waals surface area contributed by atoms with Crippen LogP contribution in [0.15, 0.2) is 23.2 Å². The second-order valence-electron chi connectivity index (χ2n) is 6.28. The third-order valence-electron chi connectivity index (χ3n) is 4.08. The number of nitrogens with zero attached hydrogens (tertiary/aromatic N) is 2. The first-order valence-corrected chi connectivity index (χ1v) is 9.32. The molecule has 0 unspecified atom stereocenters. The molecule has 4 N–H and O–H groups in total. The van der Waals surface area contributed by atoms with E-state index < -0.39 is 0 Å². The zero-order valence-corrected chi connectivity index (χ0v) is 18.8. The molecule has 1 heterocycles. The molecule has 9 heteroatoms. The monoisotopic (exact) mass is 509 g/mol. The zero-order chi connectivity index (χ0) is 18.8. The Morgan fingerprint density at radius 3 is 2.81 bits per heavy atom. The number of carbonyl (C=O) groups excluding carboxylic acids is 1. The lowest BCUT2D eigenvalue weighted by Gasteiger charge is -2.26. The molecule has 1 aliphatic rings. The Morgan fingerprint density at radius 2 is 2.11 bits per heavy atom. The number of rotatable bonds is 8. The normalized spacial score (nSPS) is 15.1. The maximum Gasteiger partial charge on any atom is 0.226 e. The van der Waals surface area contributed by atoms with Gasteiger partial charge < -0.3 is 21.1 Å². The number of aryl methyl sites for hydroxylation is 1. The lowest BCUT2D eigenvalue weighted by Crippen LogP contribution is -2.37. The molecule has 0 atom stereocenters. The van der Waals surface area contributed by atoms with Gasteiger partial charge in [0.1, 0.15) is 0 Å². The minimum atomic E-state index is -0.122. The third-order valence-corrected chi connectivity index (χ3v) is 4.39. The van der Waals surface area contributed by atoms with E-state index in [1.807, 2.05) is 19.1 Å². The molecule has 0 spiro atoms. The Morgan fingerprint density at radius 1 is 1.37 bits per heavy atom. The summed E-state index contributed by atoms with van der Waals surface area (Å²) in [6.07, 6.45) is 1.24. The Hall–Kier alpha value is -1.10. The van der Waals surface area contributed by atoms with Crippen molar-refractivity contribution in [3.63, 3.8) is 0 Å². The average molecular weight is 510 g/mol. The Bertz CT molecular complexity index is 624. The van der Waals surface area contributed by atoms with Gasteiger partial charge in [-0.15, -0.1) is 24.0 Å². The Balaban J connectivity index is 0.00000364. The second kappa shape index (κ2) is 13.1. The standard InChI is InChI=1S/C18H28ClN5O2.HI/c1-14-3-4-16(15(19)13-14)23-17(25)5-7-22-18(20)21-6-2-8-24-9-11-26-12-10-24;/h3-4,13H,2,5-12H2,1H3,(H,23,25)(H3,20,21,22);1H. The summed E-state index contributed by atoms with van der Waals surface area (Å²) in [4.78, 5) is 18.6. The predicted molar refractivity (Wildman–Crippen MR) is 121 cm³/mol. The molecule has 1 saturated heterocycles. The summed E-state index contributed by atoms with van der Waals surface area (Å²) in [5, 5.41) is 6.29. The molecule has 1 fully saturated rings. The van der Waals surface area contributed by atoms with Crippen molar-refractivity contribution in [2.45, 2.75) is 19.8 Å². The maximum atomic E-state index is 12.0. The number of guanidine groups is 1. The summed E-state index contributed by atoms with van der Waals surface area (Å²) in [7, 11) is 0. The number of hydrogen-bond donors (Lipinski definition) is 3. The molecule has 0 saturated carbocycles. The van der Waals surface area contributed by atoms with Gasteiger partial charge in [-0.2, -0.15) is 0 Å². The molecule has 27 heavy (non-hydrogen) atoms. The molecule has 7 nitrogen and oxygen atoms in total. The van der Waals surface area contributed by atoms with Crippen LogP contribution in [0.25, 0.3) is 0 Å². The highest BCUT2D eigenvalue weighted by molar-refractivity contribution is 14.0. The van der Waals surface area contributed by atoms with Crippen molar-refractivity contribution in [3.05, 3.63) is 28.8 Å². The highest BCUT2D eigenvalue weighted by atomic mass is 127. The highest BCUT2D eigenvalue weighted by Crippen LogP contribution is 2.22. The van der Waals surface area contributed by atoms with Crippen molar-refractivity contribution in [2.24, 2.45) is 10.7 Å². The van der Waals surface area contributed by atoms with Gasteiger partial charge in [-0.1, -0.05) is 17.7 Å². The van der Waals surface area contributed by atoms with Gasteiger partial charge in [-0.25, -0.2) is 0 Å². The maximum absolute atomic E-state index is 12.0. The van der Waals surface area contributed by atoms with Crippen LogP contribution >= 0.6 is 35.6 Å². The molecule has 1 aromatic rings. The number of ether oxygens (including phenoxy) is 1. The lowest BCUT2D eigenvalue weighted by molar-refractivity contribution is -0.116. The van der Waals surface area contributed by atoms with Gasteiger partial charge >= 0.3 is 0 Å². The van der Waals surface area contributed by atoms with Crippen LogP contribution in [0.1, 0.15) is 18.4 Å². The average Bonchev–Trinajstić information content (AvgIpc) is 2.62. The van der Waals surface area contributed by atoms with Crippen molar-refractivity contribution in [1.82, 2.24) is 10.2 Å². The van der Waals surface area contributed by atoms with Crippen molar-refractivity contribution < 1.29 is 9.53 Å². The number of nitrogens with one attached hydrogen (secondary N) is 2. The lowest BCUT2D eigenvalue weighted by atomic mass is 10.2. The van der Waals surface area contributed by atoms with Crippen LogP contribution in [0.4, 0.5) is 5.69 Å². The van der Waals surface area contributed by atoms with E-state index in [9.17, 15) is 4.79 Å². The third kappa shape index (κ3) is 9.59. The van der Waals surface area contributed by atoms with Crippen molar-refractivity contribution in [1.29, 1.82) is 0 Å². The number of morpholine rings is 1. The molecule has 1 amide bonds. The van der Waals surface area contributed by atoms with Gasteiger partial charge in [0.25, 0.3) is 0 Å². The fraction of sp³-hybridized carbons (Fsp3) is 0.556. The number of benzene rings is 1. The first kappa shape index (κ1) is 23.9. The number of nitrogens with two attached hydrogens (primary N) is 1. The number of carbonyl (C=O) groups is 1. The van der Waals surface area contributed by atoms with Crippen molar-refractivity contribution in [3.8, 4) is 0 Å². The molecule has 0 bridgehead atoms. The molecule has 0 aliphatic carbocycles. The van der Waals surface area contributed by atoms with E-state index in [0.29, 0.717) is 29.8 Å². The van der Waals surface area contributed by atoms with Gasteiger partial charge in [0.15, 0.2) is 5.96 Å². The van der Waals surface area contributed by atoms with E-state index in [4.69, 9.17) is 22.1 Å². The van der Waals surface area contributed by atoms with Crippen LogP contribution in [0.3, 0.4) is 0 Å². The first-order valence-electron chi connectivity index (χ1n) is 8.94. The molecule has 0 radical (unpaired) electrons. The van der Waals surface area contributed by atoms with Crippen molar-refractivity contribution in [2.75, 3.05) is 51.3 Å². The van der Waals surface area contributed by atoms with Crippen LogP contribution < -0.4 is 16.4 Å². The first-order chi connectivity index (χ1) is 12.5. The van der Waals surface area contributed by atoms with Crippen LogP contribution in [0, 0.1) is 6.92 Å². The minimum Gasteiger partial charge on any atom is -0.379 e. The SMILES string of the molecule is Cc1ccc(NC(=O)CCNC(N)=NCCCN2CCOCC2)c(Cl)c1.I. The zero-order valence-electron chi connectivity index (χ0n) is 15.7. The number of anilines is 1. The molecular weight excluding hydrogens is 481 g/mol.